The second-order valence-corrected chi connectivity index (χ2v) is 19.5. The van der Waals surface area contributed by atoms with Crippen LogP contribution in [0.2, 0.25) is 0 Å². The predicted molar refractivity (Wildman–Crippen MR) is 306 cm³/mol. The molecule has 0 N–H and O–H groups in total. The van der Waals surface area contributed by atoms with Crippen molar-refractivity contribution in [2.75, 3.05) is 4.90 Å². The fourth-order valence-electron chi connectivity index (χ4n) is 12.7. The zero-order valence-corrected chi connectivity index (χ0v) is 40.0. The summed E-state index contributed by atoms with van der Waals surface area (Å²) >= 11 is 0. The van der Waals surface area contributed by atoms with E-state index >= 15 is 0 Å². The normalized spacial score (nSPS) is 12.8. The number of anilines is 3. The third kappa shape index (κ3) is 6.17. The van der Waals surface area contributed by atoms with Crippen LogP contribution in [0.5, 0.6) is 0 Å². The summed E-state index contributed by atoms with van der Waals surface area (Å²) in [6.07, 6.45) is 0. The topological polar surface area (TPSA) is 8.17 Å². The molecule has 1 spiro atoms. The van der Waals surface area contributed by atoms with Crippen molar-refractivity contribution in [3.05, 3.63) is 301 Å². The molecule has 2 nitrogen and oxygen atoms in total. The maximum atomic E-state index is 2.50. The number of hydrogen-bond acceptors (Lipinski definition) is 1. The number of rotatable bonds is 7. The number of hydrogen-bond donors (Lipinski definition) is 0. The van der Waals surface area contributed by atoms with Crippen LogP contribution in [0.15, 0.2) is 279 Å². The van der Waals surface area contributed by atoms with Gasteiger partial charge in [-0.1, -0.05) is 212 Å². The lowest BCUT2D eigenvalue weighted by atomic mass is 9.70. The zero-order chi connectivity index (χ0) is 48.0. The molecule has 73 heavy (non-hydrogen) atoms. The summed E-state index contributed by atoms with van der Waals surface area (Å²) in [5.41, 5.74) is 24.1. The Hall–Kier alpha value is -9.50. The van der Waals surface area contributed by atoms with Gasteiger partial charge in [-0.2, -0.15) is 0 Å². The van der Waals surface area contributed by atoms with Crippen molar-refractivity contribution in [3.63, 3.8) is 0 Å². The number of aromatic nitrogens is 1. The van der Waals surface area contributed by atoms with Gasteiger partial charge < -0.3 is 9.47 Å². The van der Waals surface area contributed by atoms with Crippen LogP contribution in [0.25, 0.3) is 93.9 Å². The first kappa shape index (κ1) is 41.3. The quantitative estimate of drug-likeness (QED) is 0.155. The molecule has 0 saturated heterocycles. The first-order chi connectivity index (χ1) is 36.2. The highest BCUT2D eigenvalue weighted by Crippen LogP contribution is 2.63. The van der Waals surface area contributed by atoms with Crippen LogP contribution in [0.1, 0.15) is 22.3 Å². The molecular formula is C71H46N2. The molecule has 1 heterocycles. The molecule has 0 saturated carbocycles. The van der Waals surface area contributed by atoms with Crippen molar-refractivity contribution in [2.45, 2.75) is 5.41 Å². The van der Waals surface area contributed by atoms with E-state index in [9.17, 15) is 0 Å². The highest BCUT2D eigenvalue weighted by atomic mass is 15.1. The summed E-state index contributed by atoms with van der Waals surface area (Å²) in [7, 11) is 0. The lowest BCUT2D eigenvalue weighted by Gasteiger charge is -2.32. The maximum absolute atomic E-state index is 2.50. The summed E-state index contributed by atoms with van der Waals surface area (Å²) in [6, 6.07) is 103. The van der Waals surface area contributed by atoms with Gasteiger partial charge in [-0.25, -0.2) is 0 Å². The molecule has 0 unspecified atom stereocenters. The van der Waals surface area contributed by atoms with Gasteiger partial charge in [-0.15, -0.1) is 0 Å². The molecule has 0 radical (unpaired) electrons. The van der Waals surface area contributed by atoms with Crippen molar-refractivity contribution < 1.29 is 0 Å². The van der Waals surface area contributed by atoms with Crippen LogP contribution in [0.3, 0.4) is 0 Å². The molecule has 2 aliphatic carbocycles. The molecule has 1 aromatic heterocycles. The summed E-state index contributed by atoms with van der Waals surface area (Å²) in [5.74, 6) is 0. The molecule has 340 valence electrons. The third-order valence-corrected chi connectivity index (χ3v) is 15.8. The molecule has 2 aliphatic rings. The molecule has 15 rings (SSSR count). The minimum Gasteiger partial charge on any atom is -0.310 e. The lowest BCUT2D eigenvalue weighted by Crippen LogP contribution is -2.26. The van der Waals surface area contributed by atoms with Crippen molar-refractivity contribution in [3.8, 4) is 61.3 Å². The van der Waals surface area contributed by atoms with Crippen molar-refractivity contribution in [1.82, 2.24) is 4.57 Å². The predicted octanol–water partition coefficient (Wildman–Crippen LogP) is 18.8. The van der Waals surface area contributed by atoms with Crippen LogP contribution in [0, 0.1) is 0 Å². The van der Waals surface area contributed by atoms with E-state index in [4.69, 9.17) is 0 Å². The Balaban J connectivity index is 0.882. The van der Waals surface area contributed by atoms with E-state index in [0.717, 1.165) is 17.1 Å². The summed E-state index contributed by atoms with van der Waals surface area (Å²) in [6.45, 7) is 0. The monoisotopic (exact) mass is 926 g/mol. The van der Waals surface area contributed by atoms with Crippen LogP contribution in [-0.4, -0.2) is 4.57 Å². The number of para-hydroxylation sites is 2. The van der Waals surface area contributed by atoms with Crippen LogP contribution in [0.4, 0.5) is 17.1 Å². The number of nitrogens with zero attached hydrogens (tertiary/aromatic N) is 2. The Kier molecular flexibility index (Phi) is 9.21. The molecule has 0 bridgehead atoms. The van der Waals surface area contributed by atoms with E-state index in [0.29, 0.717) is 0 Å². The minimum absolute atomic E-state index is 0.460. The van der Waals surface area contributed by atoms with Gasteiger partial charge in [-0.05, 0) is 150 Å². The van der Waals surface area contributed by atoms with Crippen molar-refractivity contribution >= 4 is 49.6 Å². The van der Waals surface area contributed by atoms with Gasteiger partial charge in [-0.3, -0.25) is 0 Å². The van der Waals surface area contributed by atoms with E-state index in [1.807, 2.05) is 0 Å². The van der Waals surface area contributed by atoms with Crippen LogP contribution in [-0.2, 0) is 5.41 Å². The second kappa shape index (κ2) is 16.3. The molecular weight excluding hydrogens is 881 g/mol. The van der Waals surface area contributed by atoms with Crippen molar-refractivity contribution in [2.24, 2.45) is 0 Å². The minimum atomic E-state index is -0.460. The first-order valence-electron chi connectivity index (χ1n) is 25.3. The maximum Gasteiger partial charge on any atom is 0.0726 e. The average Bonchev–Trinajstić information content (AvgIpc) is 4.16. The molecule has 0 atom stereocenters. The summed E-state index contributed by atoms with van der Waals surface area (Å²) in [4.78, 5) is 2.49. The van der Waals surface area contributed by atoms with Crippen molar-refractivity contribution in [1.29, 1.82) is 0 Å². The van der Waals surface area contributed by atoms with Gasteiger partial charge in [0, 0.05) is 33.2 Å². The number of fused-ring (bicyclic) bond motifs is 14. The second-order valence-electron chi connectivity index (χ2n) is 19.5. The largest absolute Gasteiger partial charge is 0.310 e. The SMILES string of the molecule is c1ccc(-c2ccc(N(c3ccc(-c4cccc(-c5ccc6c(c5)c5ccccc5n6-c5ccccc5)c4)cc3)c3ccc4c(c3)C3(c5ccccc5-c5ccccc53)c3ccccc3-4)c3ccccc23)cc1. The van der Waals surface area contributed by atoms with E-state index in [-0.39, 0.29) is 0 Å². The smallest absolute Gasteiger partial charge is 0.0726 e. The Bertz CT molecular complexity index is 4250. The van der Waals surface area contributed by atoms with E-state index in [1.54, 1.807) is 0 Å². The number of benzene rings is 12. The summed E-state index contributed by atoms with van der Waals surface area (Å²) in [5, 5.41) is 4.91. The van der Waals surface area contributed by atoms with E-state index in [1.165, 1.54) is 116 Å². The molecule has 0 aliphatic heterocycles. The van der Waals surface area contributed by atoms with E-state index in [2.05, 4.69) is 289 Å². The highest BCUT2D eigenvalue weighted by molar-refractivity contribution is 6.11. The Morgan fingerprint density at radius 3 is 1.45 bits per heavy atom. The standard InChI is InChI=1S/C71H46N2/c1-3-18-48(19-4-1)55-41-43-69(61-28-8-7-24-56(55)61)72(54-39-40-60-59-27-11-15-32-66(59)71(67(60)46-54)64-30-13-9-25-57(64)58-26-10-14-31-65(58)71)53-37-34-47(35-38-53)49-20-17-21-50(44-49)51-36-42-70-63(45-51)62-29-12-16-33-68(62)73(70)52-22-5-2-6-23-52/h1-46H. The Morgan fingerprint density at radius 2 is 0.753 bits per heavy atom. The van der Waals surface area contributed by atoms with Crippen LogP contribution >= 0.6 is 0 Å². The Labute approximate surface area is 425 Å². The Morgan fingerprint density at radius 1 is 0.260 bits per heavy atom. The molecule has 2 heteroatoms. The molecule has 0 amide bonds. The van der Waals surface area contributed by atoms with Gasteiger partial charge in [0.25, 0.3) is 0 Å². The fourth-order valence-corrected chi connectivity index (χ4v) is 12.7. The molecule has 13 aromatic rings. The van der Waals surface area contributed by atoms with E-state index < -0.39 is 5.41 Å². The zero-order valence-electron chi connectivity index (χ0n) is 40.0. The van der Waals surface area contributed by atoms with Gasteiger partial charge in [0.15, 0.2) is 0 Å². The third-order valence-electron chi connectivity index (χ3n) is 15.8. The van der Waals surface area contributed by atoms with Gasteiger partial charge in [0.1, 0.15) is 0 Å². The van der Waals surface area contributed by atoms with Gasteiger partial charge in [0.2, 0.25) is 0 Å². The van der Waals surface area contributed by atoms with Gasteiger partial charge in [0.05, 0.1) is 22.1 Å². The fraction of sp³-hybridized carbons (Fsp3) is 0.0141. The molecule has 0 fully saturated rings. The lowest BCUT2D eigenvalue weighted by molar-refractivity contribution is 0.793. The molecule has 12 aromatic carbocycles. The average molecular weight is 927 g/mol. The van der Waals surface area contributed by atoms with Gasteiger partial charge >= 0.3 is 0 Å². The highest BCUT2D eigenvalue weighted by Gasteiger charge is 2.51. The first-order valence-corrected chi connectivity index (χ1v) is 25.3. The summed E-state index contributed by atoms with van der Waals surface area (Å²) < 4.78 is 2.38. The van der Waals surface area contributed by atoms with Crippen LogP contribution < -0.4 is 4.90 Å².